The van der Waals surface area contributed by atoms with E-state index in [9.17, 15) is 14.4 Å². The molecule has 0 bridgehead atoms. The molecule has 0 atom stereocenters. The average Bonchev–Trinajstić information content (AvgIpc) is 3.43. The number of carbonyl (C=O) groups is 3. The number of allylic oxidation sites excluding steroid dienone is 12. The maximum Gasteiger partial charge on any atom is 0.305 e. The molecule has 0 unspecified atom stereocenters. The number of hydrogen-bond donors (Lipinski definition) is 0. The lowest BCUT2D eigenvalue weighted by Crippen LogP contribution is -2.42. The number of esters is 3. The van der Waals surface area contributed by atoms with Crippen LogP contribution in [0, 0.1) is 0 Å². The van der Waals surface area contributed by atoms with E-state index in [1.54, 1.807) is 0 Å². The summed E-state index contributed by atoms with van der Waals surface area (Å²) in [6.07, 6.45) is 67.6. The van der Waals surface area contributed by atoms with Crippen LogP contribution in [-0.4, -0.2) is 137 Å². The van der Waals surface area contributed by atoms with Crippen LogP contribution in [0.1, 0.15) is 252 Å². The first-order valence-electron chi connectivity index (χ1n) is 32.9. The third-order valence-corrected chi connectivity index (χ3v) is 14.6. The van der Waals surface area contributed by atoms with Crippen molar-refractivity contribution in [2.45, 2.75) is 252 Å². The van der Waals surface area contributed by atoms with Gasteiger partial charge in [-0.3, -0.25) is 19.3 Å². The van der Waals surface area contributed by atoms with E-state index in [1.165, 1.54) is 135 Å². The molecule has 0 aromatic heterocycles. The van der Waals surface area contributed by atoms with Crippen molar-refractivity contribution < 1.29 is 28.6 Å². The number of rotatable bonds is 60. The molecule has 0 rings (SSSR count). The van der Waals surface area contributed by atoms with Crippen molar-refractivity contribution in [3.63, 3.8) is 0 Å². The Bertz CT molecular complexity index is 1350. The van der Waals surface area contributed by atoms with Gasteiger partial charge in [0, 0.05) is 78.2 Å². The van der Waals surface area contributed by atoms with Gasteiger partial charge < -0.3 is 28.9 Å². The second-order valence-electron chi connectivity index (χ2n) is 22.4. The standard InChI is InChI=1S/C69H126N4O6/c1-7-10-13-16-19-22-25-28-31-34-37-40-43-46-49-52-67(74)77-64-61-70(4)55-58-73(59-56-71(5)62-65-78-68(75)53-50-47-44-41-38-35-32-29-26-23-20-17-14-11-8-2)60-57-72(6)63-66-79-69(76)54-51-48-45-42-39-36-33-30-27-24-21-18-15-12-9-3/h19-24,28-33H,7-18,25-27,34-66H2,1-6H3/b22-19-,23-20-,24-21-,31-28-,32-29-,33-30-. The second-order valence-corrected chi connectivity index (χ2v) is 22.4. The summed E-state index contributed by atoms with van der Waals surface area (Å²) in [4.78, 5) is 46.8. The normalized spacial score (nSPS) is 12.4. The molecular weight excluding hydrogens is 981 g/mol. The van der Waals surface area contributed by atoms with E-state index in [0.717, 1.165) is 116 Å². The zero-order valence-electron chi connectivity index (χ0n) is 52.6. The van der Waals surface area contributed by atoms with Gasteiger partial charge in [-0.15, -0.1) is 0 Å². The fourth-order valence-corrected chi connectivity index (χ4v) is 9.01. The highest BCUT2D eigenvalue weighted by Gasteiger charge is 2.13. The third-order valence-electron chi connectivity index (χ3n) is 14.6. The highest BCUT2D eigenvalue weighted by atomic mass is 16.5. The Balaban J connectivity index is 4.61. The number of likely N-dealkylation sites (N-methyl/N-ethyl adjacent to an activating group) is 3. The van der Waals surface area contributed by atoms with Crippen LogP contribution >= 0.6 is 0 Å². The van der Waals surface area contributed by atoms with Crippen LogP contribution in [-0.2, 0) is 28.6 Å². The lowest BCUT2D eigenvalue weighted by Gasteiger charge is -2.29. The van der Waals surface area contributed by atoms with Crippen molar-refractivity contribution in [1.29, 1.82) is 0 Å². The minimum absolute atomic E-state index is 0.0915. The Morgan fingerprint density at radius 1 is 0.278 bits per heavy atom. The molecule has 0 spiro atoms. The summed E-state index contributed by atoms with van der Waals surface area (Å²) in [6, 6.07) is 0. The lowest BCUT2D eigenvalue weighted by atomic mass is 10.1. The molecule has 0 fully saturated rings. The Morgan fingerprint density at radius 2 is 0.506 bits per heavy atom. The van der Waals surface area contributed by atoms with Gasteiger partial charge in [0.15, 0.2) is 0 Å². The van der Waals surface area contributed by atoms with Crippen LogP contribution in [0.2, 0.25) is 0 Å². The SMILES string of the molecule is CCCCC/C=C\C/C=C\CCCCCCCC(=O)OCCN(C)CCN(CCN(C)CCOC(=O)CCCCCCC/C=C\C/C=C\CCCCC)CCN(C)CCOC(=O)CCCCCCC/C=C\C/C=C\CCCCC. The lowest BCUT2D eigenvalue weighted by molar-refractivity contribution is -0.145. The van der Waals surface area contributed by atoms with E-state index in [-0.39, 0.29) is 17.9 Å². The van der Waals surface area contributed by atoms with Crippen LogP contribution < -0.4 is 0 Å². The second kappa shape index (κ2) is 62.3. The number of unbranched alkanes of at least 4 members (excludes halogenated alkanes) is 24. The molecule has 0 amide bonds. The molecule has 0 N–H and O–H groups in total. The Morgan fingerprint density at radius 3 is 0.759 bits per heavy atom. The fourth-order valence-electron chi connectivity index (χ4n) is 9.01. The van der Waals surface area contributed by atoms with Crippen molar-refractivity contribution >= 4 is 17.9 Å². The molecule has 0 aromatic carbocycles. The highest BCUT2D eigenvalue weighted by molar-refractivity contribution is 5.69. The summed E-state index contributed by atoms with van der Waals surface area (Å²) in [5.41, 5.74) is 0. The first-order valence-corrected chi connectivity index (χ1v) is 32.9. The molecule has 0 aliphatic carbocycles. The van der Waals surface area contributed by atoms with Gasteiger partial charge in [-0.2, -0.15) is 0 Å². The van der Waals surface area contributed by atoms with Gasteiger partial charge in [0.1, 0.15) is 19.8 Å². The smallest absolute Gasteiger partial charge is 0.305 e. The first kappa shape index (κ1) is 75.7. The summed E-state index contributed by atoms with van der Waals surface area (Å²) in [7, 11) is 6.29. The monoisotopic (exact) mass is 1110 g/mol. The van der Waals surface area contributed by atoms with Crippen molar-refractivity contribution in [2.24, 2.45) is 0 Å². The highest BCUT2D eigenvalue weighted by Crippen LogP contribution is 2.12. The average molecular weight is 1110 g/mol. The predicted octanol–water partition coefficient (Wildman–Crippen LogP) is 17.2. The topological polar surface area (TPSA) is 91.9 Å². The number of hydrogen-bond acceptors (Lipinski definition) is 10. The summed E-state index contributed by atoms with van der Waals surface area (Å²) in [5.74, 6) is -0.274. The van der Waals surface area contributed by atoms with Crippen molar-refractivity contribution in [3.8, 4) is 0 Å². The van der Waals surface area contributed by atoms with E-state index in [2.05, 4.69) is 134 Å². The Kier molecular flexibility index (Phi) is 59.7. The number of ether oxygens (including phenoxy) is 3. The van der Waals surface area contributed by atoms with Crippen LogP contribution in [0.3, 0.4) is 0 Å². The molecule has 79 heavy (non-hydrogen) atoms. The van der Waals surface area contributed by atoms with E-state index in [1.807, 2.05) is 0 Å². The molecule has 0 aliphatic rings. The largest absolute Gasteiger partial charge is 0.464 e. The summed E-state index contributed by atoms with van der Waals surface area (Å²) in [5, 5.41) is 0. The minimum Gasteiger partial charge on any atom is -0.464 e. The van der Waals surface area contributed by atoms with Crippen LogP contribution in [0.5, 0.6) is 0 Å². The van der Waals surface area contributed by atoms with E-state index < -0.39 is 0 Å². The number of nitrogens with zero attached hydrogens (tertiary/aromatic N) is 4. The van der Waals surface area contributed by atoms with Gasteiger partial charge in [-0.05, 0) is 137 Å². The summed E-state index contributed by atoms with van der Waals surface area (Å²) >= 11 is 0. The van der Waals surface area contributed by atoms with Gasteiger partial charge in [0.2, 0.25) is 0 Å². The van der Waals surface area contributed by atoms with Crippen molar-refractivity contribution in [1.82, 2.24) is 19.6 Å². The molecule has 0 aromatic rings. The molecular formula is C69H126N4O6. The molecule has 10 heteroatoms. The van der Waals surface area contributed by atoms with Crippen molar-refractivity contribution in [3.05, 3.63) is 72.9 Å². The van der Waals surface area contributed by atoms with Gasteiger partial charge in [0.05, 0.1) is 0 Å². The molecule has 0 radical (unpaired) electrons. The predicted molar refractivity (Wildman–Crippen MR) is 340 cm³/mol. The first-order chi connectivity index (χ1) is 38.7. The van der Waals surface area contributed by atoms with E-state index in [0.29, 0.717) is 58.7 Å². The molecule has 458 valence electrons. The van der Waals surface area contributed by atoms with Gasteiger partial charge >= 0.3 is 17.9 Å². The van der Waals surface area contributed by atoms with Gasteiger partial charge in [0.25, 0.3) is 0 Å². The van der Waals surface area contributed by atoms with Crippen LogP contribution in [0.25, 0.3) is 0 Å². The summed E-state index contributed by atoms with van der Waals surface area (Å²) < 4.78 is 16.9. The summed E-state index contributed by atoms with van der Waals surface area (Å²) in [6.45, 7) is 15.3. The zero-order chi connectivity index (χ0) is 57.6. The Hall–Kier alpha value is -3.31. The van der Waals surface area contributed by atoms with Gasteiger partial charge in [-0.25, -0.2) is 0 Å². The fraction of sp³-hybridized carbons (Fsp3) is 0.783. The molecule has 0 saturated carbocycles. The molecule has 0 heterocycles. The minimum atomic E-state index is -0.0915. The third kappa shape index (κ3) is 60.6. The van der Waals surface area contributed by atoms with E-state index in [4.69, 9.17) is 14.2 Å². The maximum absolute atomic E-state index is 12.5. The number of carbonyl (C=O) groups excluding carboxylic acids is 3. The molecule has 0 saturated heterocycles. The van der Waals surface area contributed by atoms with E-state index >= 15 is 0 Å². The molecule has 10 nitrogen and oxygen atoms in total. The van der Waals surface area contributed by atoms with Crippen LogP contribution in [0.4, 0.5) is 0 Å². The molecule has 0 aliphatic heterocycles. The Labute approximate surface area is 488 Å². The van der Waals surface area contributed by atoms with Gasteiger partial charge in [-0.1, -0.05) is 190 Å². The van der Waals surface area contributed by atoms with Crippen LogP contribution in [0.15, 0.2) is 72.9 Å². The zero-order valence-corrected chi connectivity index (χ0v) is 52.6. The quantitative estimate of drug-likeness (QED) is 0.0254. The maximum atomic E-state index is 12.5. The van der Waals surface area contributed by atoms with Crippen molar-refractivity contribution in [2.75, 3.05) is 99.9 Å².